The molecular formula is C19H17PS3. The van der Waals surface area contributed by atoms with Gasteiger partial charge in [-0.15, -0.1) is 37.0 Å². The third-order valence-corrected chi connectivity index (χ3v) is 8.27. The first-order chi connectivity index (χ1) is 11.2. The Bertz CT molecular complexity index is 771. The zero-order valence-corrected chi connectivity index (χ0v) is 16.2. The SMILES string of the molecule is CSc1ccccc1P(c1ccccc1S)c1ccccc1S. The fraction of sp³-hybridized carbons (Fsp3) is 0.0526. The molecule has 3 aromatic carbocycles. The van der Waals surface area contributed by atoms with Crippen molar-refractivity contribution in [3.8, 4) is 0 Å². The maximum atomic E-state index is 4.72. The van der Waals surface area contributed by atoms with Crippen molar-refractivity contribution in [2.24, 2.45) is 0 Å². The van der Waals surface area contributed by atoms with E-state index in [1.54, 1.807) is 11.8 Å². The molecule has 3 rings (SSSR count). The minimum atomic E-state index is -0.688. The summed E-state index contributed by atoms with van der Waals surface area (Å²) in [5.74, 6) is 0. The van der Waals surface area contributed by atoms with E-state index in [9.17, 15) is 0 Å². The van der Waals surface area contributed by atoms with Crippen LogP contribution in [-0.4, -0.2) is 6.26 Å². The summed E-state index contributed by atoms with van der Waals surface area (Å²) >= 11 is 11.2. The second-order valence-electron chi connectivity index (χ2n) is 4.98. The summed E-state index contributed by atoms with van der Waals surface area (Å²) in [6.07, 6.45) is 2.13. The monoisotopic (exact) mass is 372 g/mol. The number of rotatable bonds is 4. The van der Waals surface area contributed by atoms with Crippen LogP contribution in [0.2, 0.25) is 0 Å². The fourth-order valence-corrected chi connectivity index (χ4v) is 6.86. The van der Waals surface area contributed by atoms with Crippen molar-refractivity contribution >= 4 is 60.9 Å². The van der Waals surface area contributed by atoms with Gasteiger partial charge in [-0.1, -0.05) is 54.6 Å². The van der Waals surface area contributed by atoms with Gasteiger partial charge in [0.2, 0.25) is 0 Å². The van der Waals surface area contributed by atoms with E-state index in [4.69, 9.17) is 25.3 Å². The molecule has 4 heteroatoms. The summed E-state index contributed by atoms with van der Waals surface area (Å²) in [6.45, 7) is 0. The predicted molar refractivity (Wildman–Crippen MR) is 111 cm³/mol. The van der Waals surface area contributed by atoms with Crippen LogP contribution in [-0.2, 0) is 0 Å². The van der Waals surface area contributed by atoms with Gasteiger partial charge in [0.15, 0.2) is 0 Å². The molecular weight excluding hydrogens is 355 g/mol. The van der Waals surface area contributed by atoms with E-state index in [0.29, 0.717) is 0 Å². The molecule has 0 N–H and O–H groups in total. The molecule has 23 heavy (non-hydrogen) atoms. The number of thiol groups is 2. The summed E-state index contributed by atoms with van der Waals surface area (Å²) in [6, 6.07) is 25.4. The van der Waals surface area contributed by atoms with Gasteiger partial charge in [-0.2, -0.15) is 0 Å². The lowest BCUT2D eigenvalue weighted by molar-refractivity contribution is 1.50. The van der Waals surface area contributed by atoms with Crippen LogP contribution in [0.15, 0.2) is 87.5 Å². The van der Waals surface area contributed by atoms with E-state index < -0.39 is 7.92 Å². The standard InChI is InChI=1S/C19H17PS3/c1-23-19-13-7-4-10-16(19)20(14-8-2-5-11-17(14)21)15-9-3-6-12-18(15)22/h2-13,21-22H,1H3. The van der Waals surface area contributed by atoms with Crippen molar-refractivity contribution in [1.82, 2.24) is 0 Å². The molecule has 0 fully saturated rings. The highest BCUT2D eigenvalue weighted by Gasteiger charge is 2.22. The van der Waals surface area contributed by atoms with Gasteiger partial charge in [0.1, 0.15) is 0 Å². The first-order valence-electron chi connectivity index (χ1n) is 7.21. The number of hydrogen-bond donors (Lipinski definition) is 2. The van der Waals surface area contributed by atoms with Crippen LogP contribution >= 0.6 is 44.9 Å². The summed E-state index contributed by atoms with van der Waals surface area (Å²) in [4.78, 5) is 3.38. The molecule has 0 atom stereocenters. The van der Waals surface area contributed by atoms with Crippen molar-refractivity contribution in [2.75, 3.05) is 6.26 Å². The Hall–Kier alpha value is -0.860. The van der Waals surface area contributed by atoms with E-state index in [1.165, 1.54) is 20.8 Å². The van der Waals surface area contributed by atoms with Crippen LogP contribution in [0.1, 0.15) is 0 Å². The van der Waals surface area contributed by atoms with Crippen molar-refractivity contribution in [1.29, 1.82) is 0 Å². The highest BCUT2D eigenvalue weighted by Crippen LogP contribution is 2.39. The molecule has 0 bridgehead atoms. The molecule has 0 saturated carbocycles. The molecule has 116 valence electrons. The molecule has 0 unspecified atom stereocenters. The van der Waals surface area contributed by atoms with Gasteiger partial charge in [-0.25, -0.2) is 0 Å². The maximum Gasteiger partial charge on any atom is 0.0153 e. The second kappa shape index (κ2) is 7.81. The molecule has 0 aliphatic carbocycles. The Balaban J connectivity index is 2.27. The van der Waals surface area contributed by atoms with Crippen LogP contribution in [0, 0.1) is 0 Å². The molecule has 0 aromatic heterocycles. The zero-order chi connectivity index (χ0) is 16.2. The minimum absolute atomic E-state index is 0.688. The Morgan fingerprint density at radius 2 is 1.09 bits per heavy atom. The molecule has 0 heterocycles. The first kappa shape index (κ1) is 17.0. The molecule has 0 amide bonds. The average molecular weight is 373 g/mol. The minimum Gasteiger partial charge on any atom is -0.143 e. The summed E-state index contributed by atoms with van der Waals surface area (Å²) in [7, 11) is -0.688. The van der Waals surface area contributed by atoms with Crippen LogP contribution < -0.4 is 15.9 Å². The van der Waals surface area contributed by atoms with Gasteiger partial charge < -0.3 is 0 Å². The lowest BCUT2D eigenvalue weighted by Gasteiger charge is -2.24. The Morgan fingerprint density at radius 3 is 1.57 bits per heavy atom. The molecule has 3 aromatic rings. The van der Waals surface area contributed by atoms with Crippen molar-refractivity contribution in [2.45, 2.75) is 14.7 Å². The van der Waals surface area contributed by atoms with Crippen LogP contribution in [0.4, 0.5) is 0 Å². The summed E-state index contributed by atoms with van der Waals surface area (Å²) < 4.78 is 0. The summed E-state index contributed by atoms with van der Waals surface area (Å²) in [5.41, 5.74) is 0. The smallest absolute Gasteiger partial charge is 0.0153 e. The van der Waals surface area contributed by atoms with Gasteiger partial charge in [0, 0.05) is 14.7 Å². The van der Waals surface area contributed by atoms with Gasteiger partial charge >= 0.3 is 0 Å². The molecule has 0 radical (unpaired) electrons. The largest absolute Gasteiger partial charge is 0.143 e. The van der Waals surface area contributed by atoms with Crippen molar-refractivity contribution in [3.63, 3.8) is 0 Å². The average Bonchev–Trinajstić information content (AvgIpc) is 2.59. The van der Waals surface area contributed by atoms with Crippen LogP contribution in [0.3, 0.4) is 0 Å². The third-order valence-electron chi connectivity index (χ3n) is 3.57. The third kappa shape index (κ3) is 3.64. The van der Waals surface area contributed by atoms with Crippen molar-refractivity contribution < 1.29 is 0 Å². The van der Waals surface area contributed by atoms with Crippen LogP contribution in [0.5, 0.6) is 0 Å². The normalized spacial score (nSPS) is 11.0. The lowest BCUT2D eigenvalue weighted by Crippen LogP contribution is -2.23. The van der Waals surface area contributed by atoms with E-state index in [1.807, 2.05) is 12.1 Å². The highest BCUT2D eigenvalue weighted by atomic mass is 32.2. The van der Waals surface area contributed by atoms with Gasteiger partial charge in [-0.3, -0.25) is 0 Å². The number of benzene rings is 3. The Kier molecular flexibility index (Phi) is 5.76. The molecule has 0 nitrogen and oxygen atoms in total. The fourth-order valence-electron chi connectivity index (χ4n) is 2.51. The van der Waals surface area contributed by atoms with Crippen LogP contribution in [0.25, 0.3) is 0 Å². The number of thioether (sulfide) groups is 1. The molecule has 0 saturated heterocycles. The maximum absolute atomic E-state index is 4.72. The molecule has 0 aliphatic rings. The zero-order valence-electron chi connectivity index (χ0n) is 12.7. The summed E-state index contributed by atoms with van der Waals surface area (Å²) in [5, 5.41) is 3.90. The number of hydrogen-bond acceptors (Lipinski definition) is 3. The van der Waals surface area contributed by atoms with E-state index in [0.717, 1.165) is 9.79 Å². The van der Waals surface area contributed by atoms with Gasteiger partial charge in [-0.05, 0) is 48.3 Å². The second-order valence-corrected chi connectivity index (χ2v) is 8.91. The Labute approximate surface area is 154 Å². The van der Waals surface area contributed by atoms with E-state index >= 15 is 0 Å². The Morgan fingerprint density at radius 1 is 0.652 bits per heavy atom. The van der Waals surface area contributed by atoms with Gasteiger partial charge in [0.25, 0.3) is 0 Å². The quantitative estimate of drug-likeness (QED) is 0.379. The van der Waals surface area contributed by atoms with Gasteiger partial charge in [0.05, 0.1) is 0 Å². The highest BCUT2D eigenvalue weighted by molar-refractivity contribution is 7.99. The lowest BCUT2D eigenvalue weighted by atomic mass is 10.3. The first-order valence-corrected chi connectivity index (χ1v) is 10.7. The predicted octanol–water partition coefficient (Wildman–Crippen LogP) is 4.74. The van der Waals surface area contributed by atoms with E-state index in [2.05, 4.69) is 66.9 Å². The molecule has 0 spiro atoms. The molecule has 0 aliphatic heterocycles. The topological polar surface area (TPSA) is 0 Å². The van der Waals surface area contributed by atoms with Crippen molar-refractivity contribution in [3.05, 3.63) is 72.8 Å². The van der Waals surface area contributed by atoms with E-state index in [-0.39, 0.29) is 0 Å².